The Morgan fingerprint density at radius 1 is 1.29 bits per heavy atom. The first kappa shape index (κ1) is 15.0. The molecule has 124 valence electrons. The predicted molar refractivity (Wildman–Crippen MR) is 86.8 cm³/mol. The van der Waals surface area contributed by atoms with Crippen LogP contribution in [0.5, 0.6) is 0 Å². The SMILES string of the molecule is O=C1NN=C(c2ccc(-n3ccnc3)nc2)C1CN1CCOCC1. The number of ether oxygens (including phenoxy) is 1. The van der Waals surface area contributed by atoms with E-state index in [-0.39, 0.29) is 11.8 Å². The Morgan fingerprint density at radius 2 is 2.17 bits per heavy atom. The molecular formula is C16H18N6O2. The average Bonchev–Trinajstić information content (AvgIpc) is 3.27. The van der Waals surface area contributed by atoms with Crippen molar-refractivity contribution in [1.29, 1.82) is 0 Å². The molecule has 2 aliphatic heterocycles. The number of imidazole rings is 1. The van der Waals surface area contributed by atoms with Gasteiger partial charge < -0.3 is 4.74 Å². The first-order valence-corrected chi connectivity index (χ1v) is 7.93. The first-order valence-electron chi connectivity index (χ1n) is 7.93. The van der Waals surface area contributed by atoms with Crippen LogP contribution in [0.2, 0.25) is 0 Å². The molecule has 8 heteroatoms. The Labute approximate surface area is 139 Å². The van der Waals surface area contributed by atoms with Gasteiger partial charge in [0.15, 0.2) is 0 Å². The van der Waals surface area contributed by atoms with Gasteiger partial charge in [-0.3, -0.25) is 14.3 Å². The summed E-state index contributed by atoms with van der Waals surface area (Å²) in [7, 11) is 0. The second-order valence-electron chi connectivity index (χ2n) is 5.81. The van der Waals surface area contributed by atoms with Gasteiger partial charge in [-0.2, -0.15) is 5.10 Å². The molecule has 1 amide bonds. The first-order chi connectivity index (χ1) is 11.8. The van der Waals surface area contributed by atoms with Crippen molar-refractivity contribution in [3.05, 3.63) is 42.6 Å². The minimum atomic E-state index is -0.274. The summed E-state index contributed by atoms with van der Waals surface area (Å²) >= 11 is 0. The number of hydrazone groups is 1. The summed E-state index contributed by atoms with van der Waals surface area (Å²) in [6.45, 7) is 3.75. The average molecular weight is 326 g/mol. The molecule has 2 aliphatic rings. The molecule has 4 heterocycles. The van der Waals surface area contributed by atoms with Gasteiger partial charge >= 0.3 is 0 Å². The van der Waals surface area contributed by atoms with E-state index in [4.69, 9.17) is 4.74 Å². The Hall–Kier alpha value is -2.58. The van der Waals surface area contributed by atoms with Gasteiger partial charge in [0, 0.05) is 43.8 Å². The third kappa shape index (κ3) is 2.93. The van der Waals surface area contributed by atoms with E-state index in [0.29, 0.717) is 19.8 Å². The molecule has 2 aromatic heterocycles. The lowest BCUT2D eigenvalue weighted by Gasteiger charge is -2.28. The second-order valence-corrected chi connectivity index (χ2v) is 5.81. The maximum Gasteiger partial charge on any atom is 0.250 e. The number of carbonyl (C=O) groups excluding carboxylic acids is 1. The van der Waals surface area contributed by atoms with Gasteiger partial charge in [-0.15, -0.1) is 0 Å². The number of pyridine rings is 1. The number of carbonyl (C=O) groups is 1. The standard InChI is InChI=1S/C16H18N6O2/c23-16-13(10-21-5-7-24-8-6-21)15(19-20-16)12-1-2-14(18-9-12)22-4-3-17-11-22/h1-4,9,11,13H,5-8,10H2,(H,20,23). The summed E-state index contributed by atoms with van der Waals surface area (Å²) in [5.41, 5.74) is 4.20. The molecule has 0 aromatic carbocycles. The van der Waals surface area contributed by atoms with E-state index >= 15 is 0 Å². The molecule has 1 N–H and O–H groups in total. The van der Waals surface area contributed by atoms with Gasteiger partial charge in [0.25, 0.3) is 5.91 Å². The zero-order valence-corrected chi connectivity index (χ0v) is 13.1. The molecule has 0 bridgehead atoms. The highest BCUT2D eigenvalue weighted by atomic mass is 16.5. The zero-order chi connectivity index (χ0) is 16.4. The van der Waals surface area contributed by atoms with Crippen molar-refractivity contribution in [3.63, 3.8) is 0 Å². The van der Waals surface area contributed by atoms with E-state index in [1.165, 1.54) is 0 Å². The summed E-state index contributed by atoms with van der Waals surface area (Å²) in [6.07, 6.45) is 6.99. The van der Waals surface area contributed by atoms with Crippen molar-refractivity contribution in [2.45, 2.75) is 0 Å². The number of aromatic nitrogens is 3. The van der Waals surface area contributed by atoms with E-state index < -0.39 is 0 Å². The van der Waals surface area contributed by atoms with E-state index in [1.54, 1.807) is 18.7 Å². The summed E-state index contributed by atoms with van der Waals surface area (Å²) in [5, 5.41) is 4.23. The van der Waals surface area contributed by atoms with E-state index in [1.807, 2.05) is 22.9 Å². The zero-order valence-electron chi connectivity index (χ0n) is 13.1. The van der Waals surface area contributed by atoms with E-state index in [9.17, 15) is 4.79 Å². The molecule has 2 aromatic rings. The number of morpholine rings is 1. The molecule has 1 saturated heterocycles. The minimum absolute atomic E-state index is 0.0600. The van der Waals surface area contributed by atoms with Crippen LogP contribution in [0, 0.1) is 5.92 Å². The largest absolute Gasteiger partial charge is 0.379 e. The molecule has 0 aliphatic carbocycles. The van der Waals surface area contributed by atoms with E-state index in [0.717, 1.165) is 30.2 Å². The van der Waals surface area contributed by atoms with Crippen molar-refractivity contribution in [3.8, 4) is 5.82 Å². The highest BCUT2D eigenvalue weighted by Crippen LogP contribution is 2.17. The second kappa shape index (κ2) is 6.50. The molecule has 0 saturated carbocycles. The molecule has 8 nitrogen and oxygen atoms in total. The summed E-state index contributed by atoms with van der Waals surface area (Å²) in [6, 6.07) is 3.84. The fourth-order valence-corrected chi connectivity index (χ4v) is 2.96. The fourth-order valence-electron chi connectivity index (χ4n) is 2.96. The molecule has 0 radical (unpaired) electrons. The number of amides is 1. The van der Waals surface area contributed by atoms with Gasteiger partial charge in [-0.1, -0.05) is 0 Å². The van der Waals surface area contributed by atoms with Crippen molar-refractivity contribution in [2.75, 3.05) is 32.8 Å². The molecule has 1 fully saturated rings. The van der Waals surface area contributed by atoms with Gasteiger partial charge in [0.1, 0.15) is 12.1 Å². The number of hydrogen-bond acceptors (Lipinski definition) is 6. The Balaban J connectivity index is 1.52. The fraction of sp³-hybridized carbons (Fsp3) is 0.375. The number of hydrogen-bond donors (Lipinski definition) is 1. The third-order valence-electron chi connectivity index (χ3n) is 4.29. The Kier molecular flexibility index (Phi) is 4.06. The summed E-state index contributed by atoms with van der Waals surface area (Å²) in [5.74, 6) is 0.443. The molecule has 0 spiro atoms. The predicted octanol–water partition coefficient (Wildman–Crippen LogP) is 0.0496. The van der Waals surface area contributed by atoms with Crippen LogP contribution in [0.4, 0.5) is 0 Å². The lowest BCUT2D eigenvalue weighted by Crippen LogP contribution is -2.43. The van der Waals surface area contributed by atoms with Gasteiger partial charge in [0.05, 0.1) is 24.8 Å². The number of nitrogens with one attached hydrogen (secondary N) is 1. The number of nitrogens with zero attached hydrogens (tertiary/aromatic N) is 5. The topological polar surface area (TPSA) is 84.6 Å². The van der Waals surface area contributed by atoms with Crippen LogP contribution in [-0.2, 0) is 9.53 Å². The Morgan fingerprint density at radius 3 is 2.88 bits per heavy atom. The molecular weight excluding hydrogens is 308 g/mol. The molecule has 4 rings (SSSR count). The van der Waals surface area contributed by atoms with Gasteiger partial charge in [0.2, 0.25) is 0 Å². The highest BCUT2D eigenvalue weighted by molar-refractivity contribution is 6.16. The molecule has 24 heavy (non-hydrogen) atoms. The van der Waals surface area contributed by atoms with Crippen LogP contribution in [0.15, 0.2) is 42.2 Å². The maximum absolute atomic E-state index is 12.2. The maximum atomic E-state index is 12.2. The van der Waals surface area contributed by atoms with Crippen LogP contribution in [0.25, 0.3) is 5.82 Å². The summed E-state index contributed by atoms with van der Waals surface area (Å²) in [4.78, 5) is 22.9. The van der Waals surface area contributed by atoms with Crippen molar-refractivity contribution in [1.82, 2.24) is 24.9 Å². The van der Waals surface area contributed by atoms with Crippen molar-refractivity contribution < 1.29 is 9.53 Å². The smallest absolute Gasteiger partial charge is 0.250 e. The summed E-state index contributed by atoms with van der Waals surface area (Å²) < 4.78 is 7.19. The highest BCUT2D eigenvalue weighted by Gasteiger charge is 2.33. The lowest BCUT2D eigenvalue weighted by atomic mass is 9.97. The third-order valence-corrected chi connectivity index (χ3v) is 4.29. The molecule has 1 unspecified atom stereocenters. The Bertz CT molecular complexity index is 734. The van der Waals surface area contributed by atoms with Crippen LogP contribution in [0.3, 0.4) is 0 Å². The van der Waals surface area contributed by atoms with E-state index in [2.05, 4.69) is 25.4 Å². The van der Waals surface area contributed by atoms with Crippen molar-refractivity contribution >= 4 is 11.6 Å². The van der Waals surface area contributed by atoms with Crippen LogP contribution in [0.1, 0.15) is 5.56 Å². The number of rotatable bonds is 4. The van der Waals surface area contributed by atoms with Crippen LogP contribution < -0.4 is 5.43 Å². The molecule has 1 atom stereocenters. The lowest BCUT2D eigenvalue weighted by molar-refractivity contribution is -0.122. The van der Waals surface area contributed by atoms with Gasteiger partial charge in [-0.05, 0) is 12.1 Å². The quantitative estimate of drug-likeness (QED) is 0.858. The normalized spacial score (nSPS) is 21.6. The van der Waals surface area contributed by atoms with Gasteiger partial charge in [-0.25, -0.2) is 15.4 Å². The monoisotopic (exact) mass is 326 g/mol. The minimum Gasteiger partial charge on any atom is -0.379 e. The van der Waals surface area contributed by atoms with Crippen LogP contribution >= 0.6 is 0 Å². The van der Waals surface area contributed by atoms with Crippen LogP contribution in [-0.4, -0.2) is 63.9 Å². The van der Waals surface area contributed by atoms with Crippen molar-refractivity contribution in [2.24, 2.45) is 11.0 Å².